The molecule has 0 aliphatic carbocycles. The Bertz CT molecular complexity index is 261. The van der Waals surface area contributed by atoms with Crippen LogP contribution in [0.25, 0.3) is 0 Å². The van der Waals surface area contributed by atoms with Gasteiger partial charge in [0.2, 0.25) is 0 Å². The molecule has 1 heterocycles. The van der Waals surface area contributed by atoms with Crippen LogP contribution in [0, 0.1) is 0 Å². The van der Waals surface area contributed by atoms with Crippen molar-refractivity contribution in [3.63, 3.8) is 0 Å². The Labute approximate surface area is 112 Å². The van der Waals surface area contributed by atoms with Crippen molar-refractivity contribution in [2.45, 2.75) is 71.2 Å². The van der Waals surface area contributed by atoms with Crippen LogP contribution in [-0.4, -0.2) is 22.4 Å². The quantitative estimate of drug-likeness (QED) is 0.488. The lowest BCUT2D eigenvalue weighted by molar-refractivity contribution is 0.0254. The molecule has 0 bridgehead atoms. The molecule has 0 amide bonds. The molecule has 2 N–H and O–H groups in total. The summed E-state index contributed by atoms with van der Waals surface area (Å²) in [7, 11) is 0. The van der Waals surface area contributed by atoms with E-state index >= 15 is 0 Å². The van der Waals surface area contributed by atoms with E-state index in [1.54, 1.807) is 0 Å². The Morgan fingerprint density at radius 2 is 2.06 bits per heavy atom. The van der Waals surface area contributed by atoms with E-state index < -0.39 is 6.23 Å². The summed E-state index contributed by atoms with van der Waals surface area (Å²) < 4.78 is 0. The lowest BCUT2D eigenvalue weighted by atomic mass is 10.1. The molecule has 0 aromatic carbocycles. The van der Waals surface area contributed by atoms with Crippen molar-refractivity contribution in [2.24, 2.45) is 0 Å². The van der Waals surface area contributed by atoms with Crippen LogP contribution >= 0.6 is 0 Å². The monoisotopic (exact) mass is 252 g/mol. The molecule has 104 valence electrons. The number of hydrogen-bond acceptors (Lipinski definition) is 3. The maximum atomic E-state index is 9.57. The van der Waals surface area contributed by atoms with E-state index in [1.165, 1.54) is 32.1 Å². The second kappa shape index (κ2) is 9.03. The number of aliphatic hydroxyl groups excluding tert-OH is 1. The summed E-state index contributed by atoms with van der Waals surface area (Å²) in [5, 5.41) is 12.9. The summed E-state index contributed by atoms with van der Waals surface area (Å²) in [6, 6.07) is 0. The predicted octanol–water partition coefficient (Wildman–Crippen LogP) is 3.33. The summed E-state index contributed by atoms with van der Waals surface area (Å²) >= 11 is 0. The first-order valence-corrected chi connectivity index (χ1v) is 7.29. The fraction of sp³-hybridized carbons (Fsp3) is 0.733. The van der Waals surface area contributed by atoms with Crippen molar-refractivity contribution in [3.05, 3.63) is 24.6 Å². The van der Waals surface area contributed by atoms with Gasteiger partial charge in [0.15, 0.2) is 0 Å². The van der Waals surface area contributed by atoms with Gasteiger partial charge in [-0.25, -0.2) is 0 Å². The molecule has 2 unspecified atom stereocenters. The lowest BCUT2D eigenvalue weighted by Crippen LogP contribution is -2.40. The topological polar surface area (TPSA) is 35.5 Å². The molecule has 0 saturated heterocycles. The fourth-order valence-electron chi connectivity index (χ4n) is 2.29. The van der Waals surface area contributed by atoms with Gasteiger partial charge >= 0.3 is 0 Å². The molecule has 0 radical (unpaired) electrons. The number of rotatable bonds is 9. The van der Waals surface area contributed by atoms with Crippen LogP contribution in [-0.2, 0) is 0 Å². The minimum atomic E-state index is -0.402. The average Bonchev–Trinajstić information content (AvgIpc) is 2.81. The molecule has 1 aliphatic rings. The summed E-state index contributed by atoms with van der Waals surface area (Å²) in [6.07, 6.45) is 16.9. The molecule has 0 spiro atoms. The Kier molecular flexibility index (Phi) is 7.58. The largest absolute Gasteiger partial charge is 0.374 e. The van der Waals surface area contributed by atoms with Gasteiger partial charge in [0.1, 0.15) is 12.4 Å². The molecule has 1 rings (SSSR count). The summed E-state index contributed by atoms with van der Waals surface area (Å²) in [5.74, 6) is 0. The Morgan fingerprint density at radius 1 is 1.28 bits per heavy atom. The molecule has 3 heteroatoms. The van der Waals surface area contributed by atoms with E-state index in [1.807, 2.05) is 24.2 Å². The Morgan fingerprint density at radius 3 is 2.78 bits per heavy atom. The normalized spacial score (nSPS) is 20.6. The molecule has 0 aromatic rings. The third-order valence-electron chi connectivity index (χ3n) is 3.33. The van der Waals surface area contributed by atoms with E-state index in [9.17, 15) is 5.11 Å². The van der Waals surface area contributed by atoms with Crippen molar-refractivity contribution in [2.75, 3.05) is 0 Å². The lowest BCUT2D eigenvalue weighted by Gasteiger charge is -2.28. The zero-order chi connectivity index (χ0) is 13.2. The second-order valence-corrected chi connectivity index (χ2v) is 4.95. The smallest absolute Gasteiger partial charge is 0.125 e. The van der Waals surface area contributed by atoms with Crippen LogP contribution in [0.4, 0.5) is 0 Å². The minimum Gasteiger partial charge on any atom is -0.374 e. The Hall–Kier alpha value is -0.960. The van der Waals surface area contributed by atoms with Gasteiger partial charge in [-0.05, 0) is 39.0 Å². The van der Waals surface area contributed by atoms with Gasteiger partial charge in [0.05, 0.1) is 0 Å². The van der Waals surface area contributed by atoms with Crippen LogP contribution in [0.2, 0.25) is 0 Å². The number of nitrogens with zero attached hydrogens (tertiary/aromatic N) is 1. The van der Waals surface area contributed by atoms with Crippen molar-refractivity contribution in [1.82, 2.24) is 10.2 Å². The van der Waals surface area contributed by atoms with Gasteiger partial charge in [0.25, 0.3) is 0 Å². The molecule has 0 aromatic heterocycles. The van der Waals surface area contributed by atoms with E-state index in [4.69, 9.17) is 0 Å². The molecule has 0 fully saturated rings. The van der Waals surface area contributed by atoms with Crippen LogP contribution < -0.4 is 5.32 Å². The third-order valence-corrected chi connectivity index (χ3v) is 3.33. The van der Waals surface area contributed by atoms with Gasteiger partial charge in [-0.3, -0.25) is 0 Å². The molecular formula is C15H28N2O. The first-order chi connectivity index (χ1) is 8.75. The number of unbranched alkanes of at least 4 members (excludes halogenated alkanes) is 4. The number of nitrogens with one attached hydrogen (secondary N) is 1. The fourth-order valence-corrected chi connectivity index (χ4v) is 2.29. The molecule has 1 aliphatic heterocycles. The van der Waals surface area contributed by atoms with Gasteiger partial charge in [-0.1, -0.05) is 31.9 Å². The maximum absolute atomic E-state index is 9.57. The van der Waals surface area contributed by atoms with E-state index in [0.29, 0.717) is 0 Å². The highest BCUT2D eigenvalue weighted by Gasteiger charge is 2.20. The predicted molar refractivity (Wildman–Crippen MR) is 76.7 cm³/mol. The maximum Gasteiger partial charge on any atom is 0.125 e. The first kappa shape index (κ1) is 15.1. The van der Waals surface area contributed by atoms with Crippen molar-refractivity contribution >= 4 is 0 Å². The van der Waals surface area contributed by atoms with Crippen LogP contribution in [0.1, 0.15) is 58.8 Å². The zero-order valence-corrected chi connectivity index (χ0v) is 11.8. The second-order valence-electron chi connectivity index (χ2n) is 4.95. The molecular weight excluding hydrogens is 224 g/mol. The van der Waals surface area contributed by atoms with Crippen molar-refractivity contribution in [1.29, 1.82) is 0 Å². The SMILES string of the molecule is CC/C=C/CCCCCCC1NC=CN1C(C)O. The van der Waals surface area contributed by atoms with E-state index in [-0.39, 0.29) is 6.17 Å². The summed E-state index contributed by atoms with van der Waals surface area (Å²) in [5.41, 5.74) is 0. The van der Waals surface area contributed by atoms with Gasteiger partial charge < -0.3 is 15.3 Å². The molecule has 2 atom stereocenters. The third kappa shape index (κ3) is 5.58. The highest BCUT2D eigenvalue weighted by Crippen LogP contribution is 2.15. The number of allylic oxidation sites excluding steroid dienone is 2. The van der Waals surface area contributed by atoms with Gasteiger partial charge in [0, 0.05) is 12.4 Å². The highest BCUT2D eigenvalue weighted by molar-refractivity contribution is 4.94. The first-order valence-electron chi connectivity index (χ1n) is 7.29. The van der Waals surface area contributed by atoms with E-state index in [0.717, 1.165) is 12.8 Å². The molecule has 3 nitrogen and oxygen atoms in total. The summed E-state index contributed by atoms with van der Waals surface area (Å²) in [4.78, 5) is 1.98. The zero-order valence-electron chi connectivity index (χ0n) is 11.8. The van der Waals surface area contributed by atoms with Crippen LogP contribution in [0.3, 0.4) is 0 Å². The summed E-state index contributed by atoms with van der Waals surface area (Å²) in [6.45, 7) is 3.98. The average molecular weight is 252 g/mol. The Balaban J connectivity index is 1.99. The molecule has 0 saturated carbocycles. The van der Waals surface area contributed by atoms with Crippen LogP contribution in [0.15, 0.2) is 24.6 Å². The number of hydrogen-bond donors (Lipinski definition) is 2. The van der Waals surface area contributed by atoms with E-state index in [2.05, 4.69) is 24.4 Å². The van der Waals surface area contributed by atoms with Gasteiger partial charge in [-0.2, -0.15) is 0 Å². The van der Waals surface area contributed by atoms with Gasteiger partial charge in [-0.15, -0.1) is 0 Å². The van der Waals surface area contributed by atoms with Crippen molar-refractivity contribution < 1.29 is 5.11 Å². The number of aliphatic hydroxyl groups is 1. The van der Waals surface area contributed by atoms with Crippen molar-refractivity contribution in [3.8, 4) is 0 Å². The molecule has 18 heavy (non-hydrogen) atoms. The standard InChI is InChI=1S/C15H28N2O/c1-3-4-5-6-7-8-9-10-11-15-16-12-13-17(15)14(2)18/h4-5,12-16,18H,3,6-11H2,1-2H3/b5-4+. The minimum absolute atomic E-state index is 0.282. The highest BCUT2D eigenvalue weighted by atomic mass is 16.3. The van der Waals surface area contributed by atoms with Crippen LogP contribution in [0.5, 0.6) is 0 Å².